The van der Waals surface area contributed by atoms with Crippen LogP contribution in [0.4, 0.5) is 14.6 Å². The van der Waals surface area contributed by atoms with Crippen molar-refractivity contribution in [2.24, 2.45) is 0 Å². The maximum atomic E-state index is 12.5. The fraction of sp³-hybridized carbons (Fsp3) is 0.700. The van der Waals surface area contributed by atoms with E-state index < -0.39 is 6.43 Å². The number of hydrogen-bond donors (Lipinski definition) is 1. The Labute approximate surface area is 161 Å². The molecule has 0 aliphatic rings. The molecule has 0 bridgehead atoms. The van der Waals surface area contributed by atoms with Gasteiger partial charge in [-0.3, -0.25) is 4.79 Å². The van der Waals surface area contributed by atoms with Crippen LogP contribution in [-0.4, -0.2) is 56.1 Å². The highest BCUT2D eigenvalue weighted by Gasteiger charge is 2.11. The third-order valence-corrected chi connectivity index (χ3v) is 4.56. The number of carbonyl (C=O) groups excluding carboxylic acids is 1. The van der Waals surface area contributed by atoms with E-state index in [1.165, 1.54) is 12.7 Å². The molecule has 0 saturated carbocycles. The summed E-state index contributed by atoms with van der Waals surface area (Å²) in [7, 11) is 3.23. The zero-order valence-corrected chi connectivity index (χ0v) is 16.8. The van der Waals surface area contributed by atoms with Crippen LogP contribution in [0.2, 0.25) is 0 Å². The zero-order valence-electron chi connectivity index (χ0n) is 16.8. The number of ether oxygens (including phenoxy) is 1. The predicted octanol–water partition coefficient (Wildman–Crippen LogP) is 3.92. The van der Waals surface area contributed by atoms with Gasteiger partial charge in [-0.05, 0) is 56.8 Å². The van der Waals surface area contributed by atoms with Crippen molar-refractivity contribution >= 4 is 11.8 Å². The van der Waals surface area contributed by atoms with E-state index in [0.29, 0.717) is 25.9 Å². The molecule has 0 fully saturated rings. The lowest BCUT2D eigenvalue weighted by Gasteiger charge is -2.22. The van der Waals surface area contributed by atoms with Crippen LogP contribution in [-0.2, 0) is 22.4 Å². The van der Waals surface area contributed by atoms with Crippen molar-refractivity contribution in [1.29, 1.82) is 0 Å². The Hall–Kier alpha value is -1.76. The molecule has 0 aliphatic carbocycles. The molecular formula is C20H33F2N3O2. The van der Waals surface area contributed by atoms with E-state index in [2.05, 4.69) is 34.1 Å². The van der Waals surface area contributed by atoms with E-state index in [9.17, 15) is 13.6 Å². The van der Waals surface area contributed by atoms with Crippen molar-refractivity contribution in [1.82, 2.24) is 9.88 Å². The fourth-order valence-corrected chi connectivity index (χ4v) is 2.98. The first-order valence-corrected chi connectivity index (χ1v) is 9.74. The molecule has 0 unspecified atom stereocenters. The summed E-state index contributed by atoms with van der Waals surface area (Å²) >= 11 is 0. The van der Waals surface area contributed by atoms with Crippen LogP contribution in [0.1, 0.15) is 50.3 Å². The van der Waals surface area contributed by atoms with E-state index in [1.54, 1.807) is 0 Å². The second kappa shape index (κ2) is 13.4. The van der Waals surface area contributed by atoms with Crippen LogP contribution in [0.5, 0.6) is 0 Å². The van der Waals surface area contributed by atoms with Crippen molar-refractivity contribution in [3.05, 3.63) is 23.4 Å². The van der Waals surface area contributed by atoms with Gasteiger partial charge in [-0.15, -0.1) is 0 Å². The lowest BCUT2D eigenvalue weighted by Crippen LogP contribution is -2.29. The number of aryl methyl sites for hydroxylation is 2. The number of nitrogens with one attached hydrogen (secondary N) is 1. The minimum Gasteiger partial charge on any atom is -0.469 e. The molecule has 0 aliphatic heterocycles. The van der Waals surface area contributed by atoms with Gasteiger partial charge in [0.25, 0.3) is 0 Å². The van der Waals surface area contributed by atoms with E-state index in [4.69, 9.17) is 0 Å². The Morgan fingerprint density at radius 2 is 1.96 bits per heavy atom. The number of pyridine rings is 1. The van der Waals surface area contributed by atoms with E-state index >= 15 is 0 Å². The van der Waals surface area contributed by atoms with Crippen LogP contribution >= 0.6 is 0 Å². The normalized spacial score (nSPS) is 11.2. The number of carbonyl (C=O) groups is 1. The van der Waals surface area contributed by atoms with Crippen LogP contribution in [0.25, 0.3) is 0 Å². The topological polar surface area (TPSA) is 54.5 Å². The lowest BCUT2D eigenvalue weighted by atomic mass is 10.1. The van der Waals surface area contributed by atoms with Gasteiger partial charge in [0.1, 0.15) is 5.82 Å². The predicted molar refractivity (Wildman–Crippen MR) is 104 cm³/mol. The molecule has 7 heteroatoms. The molecular weight excluding hydrogens is 352 g/mol. The highest BCUT2D eigenvalue weighted by Crippen LogP contribution is 2.15. The molecule has 5 nitrogen and oxygen atoms in total. The first-order chi connectivity index (χ1) is 13.0. The molecule has 154 valence electrons. The van der Waals surface area contributed by atoms with Crippen molar-refractivity contribution in [2.75, 3.05) is 39.1 Å². The maximum absolute atomic E-state index is 12.5. The molecule has 1 heterocycles. The Kier molecular flexibility index (Phi) is 11.6. The second-order valence-electron chi connectivity index (χ2n) is 6.57. The number of nitrogens with zero attached hydrogens (tertiary/aromatic N) is 2. The average molecular weight is 385 g/mol. The number of methoxy groups -OCH3 is 1. The summed E-state index contributed by atoms with van der Waals surface area (Å²) in [6.07, 6.45) is 2.18. The smallest absolute Gasteiger partial charge is 0.305 e. The van der Waals surface area contributed by atoms with Crippen molar-refractivity contribution in [3.63, 3.8) is 0 Å². The standard InChI is InChI=1S/C20H33F2N3O2/c1-4-16-10-11-17(24-20(16)23-2)8-5-6-13-25(15-12-18(21)22)14-7-9-19(26)27-3/h10-11,18H,4-9,12-15H2,1-3H3,(H,23,24). The summed E-state index contributed by atoms with van der Waals surface area (Å²) in [4.78, 5) is 17.9. The molecule has 0 aromatic carbocycles. The third kappa shape index (κ3) is 9.65. The largest absolute Gasteiger partial charge is 0.469 e. The molecule has 0 radical (unpaired) electrons. The first-order valence-electron chi connectivity index (χ1n) is 9.74. The minimum atomic E-state index is -2.30. The van der Waals surface area contributed by atoms with E-state index in [0.717, 1.165) is 43.7 Å². The lowest BCUT2D eigenvalue weighted by molar-refractivity contribution is -0.140. The van der Waals surface area contributed by atoms with Gasteiger partial charge in [0.15, 0.2) is 0 Å². The number of alkyl halides is 2. The number of esters is 1. The molecule has 0 spiro atoms. The minimum absolute atomic E-state index is 0.135. The van der Waals surface area contributed by atoms with Gasteiger partial charge in [-0.25, -0.2) is 13.8 Å². The van der Waals surface area contributed by atoms with E-state index in [1.807, 2.05) is 11.9 Å². The highest BCUT2D eigenvalue weighted by atomic mass is 19.3. The van der Waals surface area contributed by atoms with Gasteiger partial charge < -0.3 is 15.0 Å². The molecule has 0 amide bonds. The molecule has 0 saturated heterocycles. The van der Waals surface area contributed by atoms with Crippen LogP contribution < -0.4 is 5.32 Å². The van der Waals surface area contributed by atoms with Crippen molar-refractivity contribution in [2.45, 2.75) is 58.3 Å². The van der Waals surface area contributed by atoms with E-state index in [-0.39, 0.29) is 12.4 Å². The summed E-state index contributed by atoms with van der Waals surface area (Å²) in [5, 5.41) is 3.13. The van der Waals surface area contributed by atoms with Crippen LogP contribution in [0, 0.1) is 0 Å². The second-order valence-corrected chi connectivity index (χ2v) is 6.57. The number of halogens is 2. The van der Waals surface area contributed by atoms with Crippen molar-refractivity contribution in [3.8, 4) is 0 Å². The van der Waals surface area contributed by atoms with Gasteiger partial charge in [0.05, 0.1) is 7.11 Å². The molecule has 0 atom stereocenters. The molecule has 1 aromatic heterocycles. The van der Waals surface area contributed by atoms with Gasteiger partial charge in [-0.2, -0.15) is 0 Å². The number of hydrogen-bond acceptors (Lipinski definition) is 5. The molecule has 27 heavy (non-hydrogen) atoms. The molecule has 1 rings (SSSR count). The van der Waals surface area contributed by atoms with Crippen LogP contribution in [0.15, 0.2) is 12.1 Å². The van der Waals surface area contributed by atoms with Gasteiger partial charge in [0.2, 0.25) is 6.43 Å². The van der Waals surface area contributed by atoms with Crippen molar-refractivity contribution < 1.29 is 18.3 Å². The Morgan fingerprint density at radius 1 is 1.22 bits per heavy atom. The SMILES string of the molecule is CCc1ccc(CCCCN(CCCC(=O)OC)CCC(F)F)nc1NC. The third-order valence-electron chi connectivity index (χ3n) is 4.56. The van der Waals surface area contributed by atoms with Gasteiger partial charge >= 0.3 is 5.97 Å². The number of unbranched alkanes of at least 4 members (excludes halogenated alkanes) is 1. The maximum Gasteiger partial charge on any atom is 0.305 e. The summed E-state index contributed by atoms with van der Waals surface area (Å²) < 4.78 is 29.7. The first kappa shape index (κ1) is 23.3. The average Bonchev–Trinajstić information content (AvgIpc) is 2.68. The molecule has 1 N–H and O–H groups in total. The Balaban J connectivity index is 2.41. The summed E-state index contributed by atoms with van der Waals surface area (Å²) in [5.74, 6) is 0.669. The highest BCUT2D eigenvalue weighted by molar-refractivity contribution is 5.69. The molecule has 1 aromatic rings. The Morgan fingerprint density at radius 3 is 2.59 bits per heavy atom. The zero-order chi connectivity index (χ0) is 20.1. The van der Waals surface area contributed by atoms with Gasteiger partial charge in [-0.1, -0.05) is 13.0 Å². The summed E-state index contributed by atoms with van der Waals surface area (Å²) in [6, 6.07) is 4.17. The number of aromatic nitrogens is 1. The van der Waals surface area contributed by atoms with Gasteiger partial charge in [0, 0.05) is 32.1 Å². The monoisotopic (exact) mass is 385 g/mol. The Bertz CT molecular complexity index is 556. The number of anilines is 1. The van der Waals surface area contributed by atoms with Crippen LogP contribution in [0.3, 0.4) is 0 Å². The quantitative estimate of drug-likeness (QED) is 0.389. The summed E-state index contributed by atoms with van der Waals surface area (Å²) in [6.45, 7) is 3.84. The number of rotatable bonds is 14. The fourth-order valence-electron chi connectivity index (χ4n) is 2.98. The summed E-state index contributed by atoms with van der Waals surface area (Å²) in [5.41, 5.74) is 2.24.